The molecule has 1 unspecified atom stereocenters. The Morgan fingerprint density at radius 3 is 2.95 bits per heavy atom. The molecule has 2 heterocycles. The minimum Gasteiger partial charge on any atom is -0.195 e. The topological polar surface area (TPSA) is 40.6 Å². The number of hydrogen-bond donors (Lipinski definition) is 0. The fourth-order valence-corrected chi connectivity index (χ4v) is 5.23. The van der Waals surface area contributed by atoms with Crippen LogP contribution in [0.15, 0.2) is 17.5 Å². The molecule has 2 rings (SSSR count). The molecule has 1 aromatic heterocycles. The van der Waals surface area contributed by atoms with Gasteiger partial charge in [0, 0.05) is 36.9 Å². The first-order valence-corrected chi connectivity index (χ1v) is 9.72. The maximum Gasteiger partial charge on any atom is 0.282 e. The predicted molar refractivity (Wildman–Crippen MR) is 84.3 cm³/mol. The van der Waals surface area contributed by atoms with E-state index in [0.29, 0.717) is 32.1 Å². The van der Waals surface area contributed by atoms with Crippen molar-refractivity contribution in [2.45, 2.75) is 26.3 Å². The summed E-state index contributed by atoms with van der Waals surface area (Å²) < 4.78 is 28.6. The lowest BCUT2D eigenvalue weighted by Crippen LogP contribution is -2.47. The van der Waals surface area contributed by atoms with Gasteiger partial charge in [0.1, 0.15) is 0 Å². The van der Waals surface area contributed by atoms with E-state index in [0.717, 1.165) is 17.7 Å². The van der Waals surface area contributed by atoms with E-state index in [-0.39, 0.29) is 5.92 Å². The Morgan fingerprint density at radius 2 is 2.35 bits per heavy atom. The van der Waals surface area contributed by atoms with Gasteiger partial charge >= 0.3 is 0 Å². The number of halogens is 1. The quantitative estimate of drug-likeness (QED) is 0.749. The zero-order chi connectivity index (χ0) is 14.6. The number of alkyl halides is 1. The molecule has 1 aliphatic heterocycles. The smallest absolute Gasteiger partial charge is 0.195 e. The fourth-order valence-electron chi connectivity index (χ4n) is 2.46. The van der Waals surface area contributed by atoms with Gasteiger partial charge < -0.3 is 0 Å². The van der Waals surface area contributed by atoms with Crippen molar-refractivity contribution in [2.24, 2.45) is 5.92 Å². The largest absolute Gasteiger partial charge is 0.282 e. The van der Waals surface area contributed by atoms with E-state index < -0.39 is 10.2 Å². The highest BCUT2D eigenvalue weighted by molar-refractivity contribution is 7.86. The van der Waals surface area contributed by atoms with Gasteiger partial charge in [-0.1, -0.05) is 13.0 Å². The van der Waals surface area contributed by atoms with Crippen LogP contribution in [-0.2, 0) is 16.8 Å². The Kier molecular flexibility index (Phi) is 5.86. The second-order valence-electron chi connectivity index (χ2n) is 5.03. The summed E-state index contributed by atoms with van der Waals surface area (Å²) in [6, 6.07) is 3.92. The summed E-state index contributed by atoms with van der Waals surface area (Å²) in [5, 5.41) is 1.97. The third-order valence-corrected chi connectivity index (χ3v) is 6.94. The summed E-state index contributed by atoms with van der Waals surface area (Å²) in [7, 11) is -3.38. The van der Waals surface area contributed by atoms with Gasteiger partial charge in [0.15, 0.2) is 0 Å². The lowest BCUT2D eigenvalue weighted by atomic mass is 10.0. The molecule has 0 spiro atoms. The fraction of sp³-hybridized carbons (Fsp3) is 0.692. The summed E-state index contributed by atoms with van der Waals surface area (Å²) in [6.07, 6.45) is 1.92. The zero-order valence-electron chi connectivity index (χ0n) is 11.7. The zero-order valence-corrected chi connectivity index (χ0v) is 14.1. The van der Waals surface area contributed by atoms with Crippen molar-refractivity contribution >= 4 is 33.1 Å². The second-order valence-corrected chi connectivity index (χ2v) is 8.30. The Balaban J connectivity index is 2.10. The van der Waals surface area contributed by atoms with Gasteiger partial charge in [-0.3, -0.25) is 0 Å². The van der Waals surface area contributed by atoms with Gasteiger partial charge in [-0.15, -0.1) is 22.9 Å². The van der Waals surface area contributed by atoms with Crippen molar-refractivity contribution in [3.8, 4) is 0 Å². The number of hydrogen-bond acceptors (Lipinski definition) is 3. The van der Waals surface area contributed by atoms with Crippen LogP contribution in [0.3, 0.4) is 0 Å². The van der Waals surface area contributed by atoms with Crippen LogP contribution in [-0.4, -0.2) is 42.5 Å². The Labute approximate surface area is 130 Å². The predicted octanol–water partition coefficient (Wildman–Crippen LogP) is 2.77. The van der Waals surface area contributed by atoms with Crippen molar-refractivity contribution < 1.29 is 8.42 Å². The molecule has 0 aliphatic carbocycles. The first kappa shape index (κ1) is 16.2. The van der Waals surface area contributed by atoms with E-state index in [1.165, 1.54) is 0 Å². The summed E-state index contributed by atoms with van der Waals surface area (Å²) in [6.45, 7) is 3.98. The van der Waals surface area contributed by atoms with Gasteiger partial charge in [0.05, 0.1) is 0 Å². The van der Waals surface area contributed by atoms with E-state index in [1.807, 2.05) is 24.4 Å². The Hall–Kier alpha value is -0.140. The summed E-state index contributed by atoms with van der Waals surface area (Å²) in [4.78, 5) is 1.07. The van der Waals surface area contributed by atoms with Crippen LogP contribution in [0.5, 0.6) is 0 Å². The molecular formula is C13H21ClN2O2S2. The summed E-state index contributed by atoms with van der Waals surface area (Å²) >= 11 is 7.48. The number of nitrogens with zero attached hydrogens (tertiary/aromatic N) is 2. The molecule has 1 fully saturated rings. The van der Waals surface area contributed by atoms with Crippen LogP contribution in [0, 0.1) is 5.92 Å². The Morgan fingerprint density at radius 1 is 1.55 bits per heavy atom. The van der Waals surface area contributed by atoms with Crippen LogP contribution < -0.4 is 0 Å². The molecule has 4 nitrogen and oxygen atoms in total. The Bertz CT molecular complexity index is 504. The third-order valence-electron chi connectivity index (χ3n) is 3.62. The van der Waals surface area contributed by atoms with Gasteiger partial charge in [-0.25, -0.2) is 0 Å². The molecular weight excluding hydrogens is 316 g/mol. The number of rotatable bonds is 6. The van der Waals surface area contributed by atoms with E-state index in [4.69, 9.17) is 11.6 Å². The van der Waals surface area contributed by atoms with Crippen LogP contribution >= 0.6 is 22.9 Å². The molecule has 0 bridgehead atoms. The molecule has 0 N–H and O–H groups in total. The van der Waals surface area contributed by atoms with Gasteiger partial charge in [-0.2, -0.15) is 17.0 Å². The van der Waals surface area contributed by atoms with Crippen molar-refractivity contribution in [1.29, 1.82) is 0 Å². The maximum absolute atomic E-state index is 12.7. The standard InChI is InChI=1S/C13H21ClN2O2S2/c1-2-15(11-13-6-4-8-19-13)20(17,18)16-7-3-5-12(9-14)10-16/h4,6,8,12H,2-3,5,7,9-11H2,1H3. The molecule has 0 saturated carbocycles. The average molecular weight is 337 g/mol. The highest BCUT2D eigenvalue weighted by Gasteiger charge is 2.32. The third kappa shape index (κ3) is 3.74. The lowest BCUT2D eigenvalue weighted by molar-refractivity contribution is 0.260. The minimum absolute atomic E-state index is 0.278. The molecule has 1 saturated heterocycles. The first-order chi connectivity index (χ1) is 9.57. The van der Waals surface area contributed by atoms with E-state index in [2.05, 4.69) is 0 Å². The van der Waals surface area contributed by atoms with E-state index in [9.17, 15) is 8.42 Å². The SMILES string of the molecule is CCN(Cc1cccs1)S(=O)(=O)N1CCCC(CCl)C1. The van der Waals surface area contributed by atoms with Gasteiger partial charge in [-0.05, 0) is 30.2 Å². The van der Waals surface area contributed by atoms with Crippen LogP contribution in [0.1, 0.15) is 24.6 Å². The number of thiophene rings is 1. The van der Waals surface area contributed by atoms with E-state index in [1.54, 1.807) is 19.9 Å². The molecule has 114 valence electrons. The summed E-state index contributed by atoms with van der Waals surface area (Å²) in [5.74, 6) is 0.809. The minimum atomic E-state index is -3.38. The first-order valence-electron chi connectivity index (χ1n) is 6.91. The monoisotopic (exact) mass is 336 g/mol. The van der Waals surface area contributed by atoms with Crippen molar-refractivity contribution in [1.82, 2.24) is 8.61 Å². The number of piperidine rings is 1. The average Bonchev–Trinajstić information content (AvgIpc) is 2.97. The molecule has 7 heteroatoms. The van der Waals surface area contributed by atoms with Gasteiger partial charge in [0.2, 0.25) is 0 Å². The lowest BCUT2D eigenvalue weighted by Gasteiger charge is -2.34. The van der Waals surface area contributed by atoms with Crippen LogP contribution in [0.4, 0.5) is 0 Å². The molecule has 1 atom stereocenters. The normalized spacial score (nSPS) is 21.4. The summed E-state index contributed by atoms with van der Waals surface area (Å²) in [5.41, 5.74) is 0. The molecule has 0 amide bonds. The van der Waals surface area contributed by atoms with Crippen LogP contribution in [0.2, 0.25) is 0 Å². The molecule has 1 aliphatic rings. The van der Waals surface area contributed by atoms with Crippen molar-refractivity contribution in [3.63, 3.8) is 0 Å². The maximum atomic E-state index is 12.7. The van der Waals surface area contributed by atoms with Crippen LogP contribution in [0.25, 0.3) is 0 Å². The highest BCUT2D eigenvalue weighted by Crippen LogP contribution is 2.23. The molecule has 20 heavy (non-hydrogen) atoms. The second kappa shape index (κ2) is 7.22. The van der Waals surface area contributed by atoms with Gasteiger partial charge in [0.25, 0.3) is 10.2 Å². The molecule has 1 aromatic rings. The van der Waals surface area contributed by atoms with Crippen molar-refractivity contribution in [2.75, 3.05) is 25.5 Å². The molecule has 0 radical (unpaired) electrons. The highest BCUT2D eigenvalue weighted by atomic mass is 35.5. The van der Waals surface area contributed by atoms with E-state index >= 15 is 0 Å². The molecule has 0 aromatic carbocycles. The van der Waals surface area contributed by atoms with Crippen molar-refractivity contribution in [3.05, 3.63) is 22.4 Å².